The van der Waals surface area contributed by atoms with Crippen LogP contribution in [0.4, 0.5) is 0 Å². The summed E-state index contributed by atoms with van der Waals surface area (Å²) in [4.78, 5) is 13.7. The van der Waals surface area contributed by atoms with Gasteiger partial charge in [0, 0.05) is 30.7 Å². The average molecular weight is 255 g/mol. The molecule has 2 rings (SSSR count). The Morgan fingerprint density at radius 1 is 1.53 bits per heavy atom. The minimum atomic E-state index is -0.511. The van der Waals surface area contributed by atoms with Crippen molar-refractivity contribution in [2.24, 2.45) is 0 Å². The highest BCUT2D eigenvalue weighted by Crippen LogP contribution is 2.15. The number of carbonyl (C=O) groups is 1. The molecular weight excluding hydrogens is 240 g/mol. The molecule has 1 amide bonds. The third-order valence-corrected chi connectivity index (χ3v) is 3.28. The highest BCUT2D eigenvalue weighted by Gasteiger charge is 2.31. The molecule has 0 radical (unpaired) electrons. The predicted molar refractivity (Wildman–Crippen MR) is 66.2 cm³/mol. The van der Waals surface area contributed by atoms with Crippen LogP contribution in [0.5, 0.6) is 0 Å². The molecule has 1 aromatic rings. The topological polar surface area (TPSA) is 52.6 Å². The SMILES string of the molecule is CN(C(=O)c1cccc(Cl)c1)[C@H]1CNC[C@@H]1O. The number of hydrogen-bond acceptors (Lipinski definition) is 3. The molecule has 1 aliphatic heterocycles. The van der Waals surface area contributed by atoms with Gasteiger partial charge in [0.25, 0.3) is 5.91 Å². The molecule has 0 aliphatic carbocycles. The molecule has 5 heteroatoms. The van der Waals surface area contributed by atoms with Crippen LogP contribution < -0.4 is 5.32 Å². The summed E-state index contributed by atoms with van der Waals surface area (Å²) in [7, 11) is 1.70. The summed E-state index contributed by atoms with van der Waals surface area (Å²) >= 11 is 5.85. The molecule has 0 spiro atoms. The fourth-order valence-corrected chi connectivity index (χ4v) is 2.21. The molecule has 17 heavy (non-hydrogen) atoms. The Morgan fingerprint density at radius 3 is 2.88 bits per heavy atom. The Morgan fingerprint density at radius 2 is 2.29 bits per heavy atom. The number of benzene rings is 1. The Balaban J connectivity index is 2.14. The van der Waals surface area contributed by atoms with E-state index in [4.69, 9.17) is 11.6 Å². The third kappa shape index (κ3) is 2.60. The second kappa shape index (κ2) is 5.04. The Hall–Kier alpha value is -1.10. The van der Waals surface area contributed by atoms with E-state index in [2.05, 4.69) is 5.32 Å². The summed E-state index contributed by atoms with van der Waals surface area (Å²) < 4.78 is 0. The van der Waals surface area contributed by atoms with Crippen LogP contribution in [-0.4, -0.2) is 48.2 Å². The highest BCUT2D eigenvalue weighted by atomic mass is 35.5. The number of aliphatic hydroxyl groups is 1. The van der Waals surface area contributed by atoms with E-state index in [-0.39, 0.29) is 11.9 Å². The first-order valence-electron chi connectivity index (χ1n) is 5.51. The van der Waals surface area contributed by atoms with E-state index in [9.17, 15) is 9.90 Å². The molecule has 0 aromatic heterocycles. The number of halogens is 1. The van der Waals surface area contributed by atoms with Crippen molar-refractivity contribution in [2.45, 2.75) is 12.1 Å². The Bertz CT molecular complexity index is 425. The minimum Gasteiger partial charge on any atom is -0.390 e. The van der Waals surface area contributed by atoms with Gasteiger partial charge in [-0.1, -0.05) is 17.7 Å². The maximum Gasteiger partial charge on any atom is 0.254 e. The van der Waals surface area contributed by atoms with Gasteiger partial charge in [0.15, 0.2) is 0 Å². The molecule has 2 atom stereocenters. The lowest BCUT2D eigenvalue weighted by molar-refractivity contribution is 0.0581. The Labute approximate surface area is 105 Å². The van der Waals surface area contributed by atoms with Crippen molar-refractivity contribution < 1.29 is 9.90 Å². The van der Waals surface area contributed by atoms with Gasteiger partial charge < -0.3 is 15.3 Å². The van der Waals surface area contributed by atoms with Gasteiger partial charge in [0.1, 0.15) is 0 Å². The van der Waals surface area contributed by atoms with Crippen molar-refractivity contribution in [1.29, 1.82) is 0 Å². The molecule has 92 valence electrons. The highest BCUT2D eigenvalue weighted by molar-refractivity contribution is 6.30. The summed E-state index contributed by atoms with van der Waals surface area (Å²) in [6.45, 7) is 1.14. The number of carbonyl (C=O) groups excluding carboxylic acids is 1. The number of nitrogens with zero attached hydrogens (tertiary/aromatic N) is 1. The normalized spacial score (nSPS) is 23.7. The average Bonchev–Trinajstić information content (AvgIpc) is 2.73. The molecule has 1 fully saturated rings. The number of β-amino-alcohol motifs (C(OH)–C–C–N with tert-alkyl or cyclic N) is 1. The van der Waals surface area contributed by atoms with Crippen LogP contribution in [0.1, 0.15) is 10.4 Å². The van der Waals surface area contributed by atoms with Gasteiger partial charge >= 0.3 is 0 Å². The molecule has 0 saturated carbocycles. The summed E-state index contributed by atoms with van der Waals surface area (Å²) in [6.07, 6.45) is -0.511. The van der Waals surface area contributed by atoms with Crippen molar-refractivity contribution >= 4 is 17.5 Å². The van der Waals surface area contributed by atoms with Crippen molar-refractivity contribution in [3.8, 4) is 0 Å². The first kappa shape index (κ1) is 12.4. The molecule has 1 heterocycles. The lowest BCUT2D eigenvalue weighted by atomic mass is 10.1. The number of amides is 1. The molecule has 0 unspecified atom stereocenters. The van der Waals surface area contributed by atoms with E-state index in [1.165, 1.54) is 0 Å². The molecule has 1 aliphatic rings. The zero-order valence-electron chi connectivity index (χ0n) is 9.56. The van der Waals surface area contributed by atoms with Crippen molar-refractivity contribution in [1.82, 2.24) is 10.2 Å². The quantitative estimate of drug-likeness (QED) is 0.819. The zero-order chi connectivity index (χ0) is 12.4. The number of aliphatic hydroxyl groups excluding tert-OH is 1. The summed E-state index contributed by atoms with van der Waals surface area (Å²) in [5.41, 5.74) is 0.541. The molecule has 4 nitrogen and oxygen atoms in total. The third-order valence-electron chi connectivity index (χ3n) is 3.04. The lowest BCUT2D eigenvalue weighted by Crippen LogP contribution is -2.44. The van der Waals surface area contributed by atoms with E-state index in [0.29, 0.717) is 23.7 Å². The zero-order valence-corrected chi connectivity index (χ0v) is 10.3. The van der Waals surface area contributed by atoms with Gasteiger partial charge in [-0.3, -0.25) is 4.79 Å². The summed E-state index contributed by atoms with van der Waals surface area (Å²) in [6, 6.07) is 6.65. The maximum absolute atomic E-state index is 12.2. The van der Waals surface area contributed by atoms with Gasteiger partial charge in [-0.15, -0.1) is 0 Å². The van der Waals surface area contributed by atoms with E-state index >= 15 is 0 Å². The second-order valence-electron chi connectivity index (χ2n) is 4.22. The van der Waals surface area contributed by atoms with Crippen molar-refractivity contribution in [3.05, 3.63) is 34.9 Å². The monoisotopic (exact) mass is 254 g/mol. The van der Waals surface area contributed by atoms with E-state index in [1.54, 1.807) is 36.2 Å². The van der Waals surface area contributed by atoms with Crippen LogP contribution in [0.2, 0.25) is 5.02 Å². The van der Waals surface area contributed by atoms with E-state index in [1.807, 2.05) is 0 Å². The smallest absolute Gasteiger partial charge is 0.254 e. The summed E-state index contributed by atoms with van der Waals surface area (Å²) in [5.74, 6) is -0.125. The van der Waals surface area contributed by atoms with Crippen LogP contribution in [0.15, 0.2) is 24.3 Å². The maximum atomic E-state index is 12.2. The molecular formula is C12H15ClN2O2. The number of rotatable bonds is 2. The van der Waals surface area contributed by atoms with Crippen molar-refractivity contribution in [3.63, 3.8) is 0 Å². The Kier molecular flexibility index (Phi) is 3.66. The van der Waals surface area contributed by atoms with Gasteiger partial charge in [0.05, 0.1) is 12.1 Å². The number of likely N-dealkylation sites (N-methyl/N-ethyl adjacent to an activating group) is 1. The predicted octanol–water partition coefficient (Wildman–Crippen LogP) is 0.745. The lowest BCUT2D eigenvalue weighted by Gasteiger charge is -2.26. The molecule has 1 aromatic carbocycles. The van der Waals surface area contributed by atoms with Crippen LogP contribution in [0.25, 0.3) is 0 Å². The first-order valence-corrected chi connectivity index (χ1v) is 5.89. The van der Waals surface area contributed by atoms with Gasteiger partial charge in [0.2, 0.25) is 0 Å². The van der Waals surface area contributed by atoms with Crippen molar-refractivity contribution in [2.75, 3.05) is 20.1 Å². The second-order valence-corrected chi connectivity index (χ2v) is 4.66. The fraction of sp³-hybridized carbons (Fsp3) is 0.417. The van der Waals surface area contributed by atoms with Crippen LogP contribution in [0.3, 0.4) is 0 Å². The minimum absolute atomic E-state index is 0.125. The molecule has 1 saturated heterocycles. The van der Waals surface area contributed by atoms with Crippen LogP contribution in [-0.2, 0) is 0 Å². The number of hydrogen-bond donors (Lipinski definition) is 2. The number of nitrogens with one attached hydrogen (secondary N) is 1. The van der Waals surface area contributed by atoms with Gasteiger partial charge in [-0.25, -0.2) is 0 Å². The van der Waals surface area contributed by atoms with Crippen LogP contribution in [0, 0.1) is 0 Å². The van der Waals surface area contributed by atoms with Gasteiger partial charge in [-0.05, 0) is 18.2 Å². The first-order chi connectivity index (χ1) is 8.09. The standard InChI is InChI=1S/C12H15ClN2O2/c1-15(10-6-14-7-11(10)16)12(17)8-3-2-4-9(13)5-8/h2-5,10-11,14,16H,6-7H2,1H3/t10-,11-/m0/s1. The fourth-order valence-electron chi connectivity index (χ4n) is 2.02. The van der Waals surface area contributed by atoms with E-state index in [0.717, 1.165) is 0 Å². The largest absolute Gasteiger partial charge is 0.390 e. The molecule has 2 N–H and O–H groups in total. The molecule has 0 bridgehead atoms. The van der Waals surface area contributed by atoms with Gasteiger partial charge in [-0.2, -0.15) is 0 Å². The van der Waals surface area contributed by atoms with Crippen LogP contribution >= 0.6 is 11.6 Å². The summed E-state index contributed by atoms with van der Waals surface area (Å²) in [5, 5.41) is 13.3. The van der Waals surface area contributed by atoms with E-state index < -0.39 is 6.10 Å².